The van der Waals surface area contributed by atoms with Crippen LogP contribution in [0, 0.1) is 0 Å². The molecular formula is C19H22N4O3S2. The molecule has 3 aromatic rings. The molecule has 0 saturated heterocycles. The number of rotatable bonds is 8. The van der Waals surface area contributed by atoms with E-state index in [-0.39, 0.29) is 23.3 Å². The molecule has 0 aliphatic carbocycles. The van der Waals surface area contributed by atoms with E-state index in [1.54, 1.807) is 12.1 Å². The lowest BCUT2D eigenvalue weighted by Gasteiger charge is -2.21. The van der Waals surface area contributed by atoms with E-state index < -0.39 is 16.1 Å². The zero-order chi connectivity index (χ0) is 20.1. The van der Waals surface area contributed by atoms with E-state index in [4.69, 9.17) is 0 Å². The molecule has 0 fully saturated rings. The number of benzene rings is 2. The van der Waals surface area contributed by atoms with Crippen LogP contribution in [0.5, 0.6) is 0 Å². The minimum atomic E-state index is -3.97. The number of carbonyl (C=O) groups is 1. The molecule has 0 spiro atoms. The number of nitrogens with one attached hydrogen (secondary N) is 2. The van der Waals surface area contributed by atoms with E-state index in [9.17, 15) is 13.2 Å². The lowest BCUT2D eigenvalue weighted by Crippen LogP contribution is -2.50. The zero-order valence-corrected chi connectivity index (χ0v) is 17.3. The van der Waals surface area contributed by atoms with Gasteiger partial charge in [0.15, 0.2) is 0 Å². The van der Waals surface area contributed by atoms with Crippen LogP contribution in [-0.2, 0) is 21.2 Å². The molecule has 1 amide bonds. The molecule has 2 N–H and O–H groups in total. The van der Waals surface area contributed by atoms with Gasteiger partial charge >= 0.3 is 0 Å². The van der Waals surface area contributed by atoms with E-state index in [0.717, 1.165) is 23.7 Å². The van der Waals surface area contributed by atoms with Crippen molar-refractivity contribution >= 4 is 38.7 Å². The number of aromatic nitrogens is 2. The Balaban J connectivity index is 1.91. The quantitative estimate of drug-likeness (QED) is 0.585. The Hall–Kier alpha value is -2.36. The highest BCUT2D eigenvalue weighted by atomic mass is 32.2. The molecule has 148 valence electrons. The highest BCUT2D eigenvalue weighted by molar-refractivity contribution is 7.89. The molecule has 7 nitrogen and oxygen atoms in total. The van der Waals surface area contributed by atoms with Crippen molar-refractivity contribution in [1.82, 2.24) is 18.8 Å². The van der Waals surface area contributed by atoms with Crippen LogP contribution in [-0.4, -0.2) is 35.2 Å². The fourth-order valence-corrected chi connectivity index (χ4v) is 4.69. The van der Waals surface area contributed by atoms with Gasteiger partial charge in [-0.1, -0.05) is 43.3 Å². The van der Waals surface area contributed by atoms with Gasteiger partial charge in [0.2, 0.25) is 15.9 Å². The van der Waals surface area contributed by atoms with E-state index in [1.807, 2.05) is 44.2 Å². The number of carbonyl (C=O) groups excluding carboxylic acids is 1. The lowest BCUT2D eigenvalue weighted by molar-refractivity contribution is -0.123. The summed E-state index contributed by atoms with van der Waals surface area (Å²) < 4.78 is 36.8. The largest absolute Gasteiger partial charge is 0.352 e. The molecule has 0 radical (unpaired) electrons. The second kappa shape index (κ2) is 8.76. The molecule has 0 unspecified atom stereocenters. The summed E-state index contributed by atoms with van der Waals surface area (Å²) in [6.45, 7) is 3.84. The fraction of sp³-hybridized carbons (Fsp3) is 0.316. The average molecular weight is 419 g/mol. The molecule has 9 heteroatoms. The number of sulfonamides is 1. The van der Waals surface area contributed by atoms with Gasteiger partial charge in [0, 0.05) is 6.04 Å². The van der Waals surface area contributed by atoms with Crippen molar-refractivity contribution in [3.8, 4) is 0 Å². The number of fused-ring (bicyclic) bond motifs is 1. The Morgan fingerprint density at radius 2 is 1.86 bits per heavy atom. The average Bonchev–Trinajstić information content (AvgIpc) is 3.16. The summed E-state index contributed by atoms with van der Waals surface area (Å²) in [5.74, 6) is -0.356. The van der Waals surface area contributed by atoms with Crippen LogP contribution in [0.2, 0.25) is 0 Å². The Labute approximate surface area is 168 Å². The minimum absolute atomic E-state index is 0.0214. The molecule has 1 heterocycles. The summed E-state index contributed by atoms with van der Waals surface area (Å²) in [7, 11) is -3.97. The summed E-state index contributed by atoms with van der Waals surface area (Å²) in [6, 6.07) is 13.1. The highest BCUT2D eigenvalue weighted by Gasteiger charge is 2.28. The van der Waals surface area contributed by atoms with Gasteiger partial charge < -0.3 is 5.32 Å². The van der Waals surface area contributed by atoms with Gasteiger partial charge in [0.25, 0.3) is 0 Å². The number of nitrogens with zero attached hydrogens (tertiary/aromatic N) is 2. The molecule has 3 rings (SSSR count). The van der Waals surface area contributed by atoms with Gasteiger partial charge in [-0.15, -0.1) is 0 Å². The maximum atomic E-state index is 13.1. The smallest absolute Gasteiger partial charge is 0.243 e. The van der Waals surface area contributed by atoms with Crippen LogP contribution in [0.3, 0.4) is 0 Å². The van der Waals surface area contributed by atoms with E-state index in [0.29, 0.717) is 11.0 Å². The third-order valence-electron chi connectivity index (χ3n) is 4.44. The van der Waals surface area contributed by atoms with Crippen molar-refractivity contribution in [3.05, 3.63) is 54.1 Å². The molecule has 28 heavy (non-hydrogen) atoms. The topological polar surface area (TPSA) is 101 Å². The second-order valence-corrected chi connectivity index (χ2v) is 8.78. The maximum Gasteiger partial charge on any atom is 0.243 e. The summed E-state index contributed by atoms with van der Waals surface area (Å²) in [6.07, 6.45) is 0.994. The Bertz CT molecular complexity index is 1050. The predicted molar refractivity (Wildman–Crippen MR) is 110 cm³/mol. The molecule has 0 saturated carbocycles. The van der Waals surface area contributed by atoms with Gasteiger partial charge in [-0.05, 0) is 37.5 Å². The predicted octanol–water partition coefficient (Wildman–Crippen LogP) is 2.50. The van der Waals surface area contributed by atoms with Gasteiger partial charge in [0.05, 0.1) is 11.7 Å². The van der Waals surface area contributed by atoms with Crippen LogP contribution in [0.4, 0.5) is 0 Å². The molecule has 0 aliphatic heterocycles. The van der Waals surface area contributed by atoms with Gasteiger partial charge in [-0.2, -0.15) is 13.5 Å². The molecule has 0 bridgehead atoms. The number of amides is 1. The van der Waals surface area contributed by atoms with Gasteiger partial charge in [-0.25, -0.2) is 8.42 Å². The van der Waals surface area contributed by atoms with E-state index in [1.165, 1.54) is 6.07 Å². The maximum absolute atomic E-state index is 13.1. The van der Waals surface area contributed by atoms with Crippen molar-refractivity contribution in [2.75, 3.05) is 0 Å². The Morgan fingerprint density at radius 1 is 1.11 bits per heavy atom. The Morgan fingerprint density at radius 3 is 2.57 bits per heavy atom. The van der Waals surface area contributed by atoms with Crippen LogP contribution < -0.4 is 10.0 Å². The van der Waals surface area contributed by atoms with Crippen molar-refractivity contribution in [1.29, 1.82) is 0 Å². The van der Waals surface area contributed by atoms with Crippen molar-refractivity contribution in [3.63, 3.8) is 0 Å². The molecule has 0 aliphatic rings. The van der Waals surface area contributed by atoms with Crippen molar-refractivity contribution in [2.45, 2.75) is 43.7 Å². The lowest BCUT2D eigenvalue weighted by atomic mass is 10.1. The van der Waals surface area contributed by atoms with Crippen LogP contribution >= 0.6 is 11.7 Å². The number of hydrogen-bond acceptors (Lipinski definition) is 6. The first-order valence-electron chi connectivity index (χ1n) is 8.98. The SMILES string of the molecule is CC[C@H](C)NC(=O)[C@H](Cc1ccccc1)NS(=O)(=O)c1cccc2nsnc12. The van der Waals surface area contributed by atoms with Crippen molar-refractivity contribution < 1.29 is 13.2 Å². The second-order valence-electron chi connectivity index (χ2n) is 6.57. The monoisotopic (exact) mass is 418 g/mol. The first kappa shape index (κ1) is 20.4. The van der Waals surface area contributed by atoms with Crippen LogP contribution in [0.15, 0.2) is 53.4 Å². The minimum Gasteiger partial charge on any atom is -0.352 e. The molecule has 1 aromatic heterocycles. The van der Waals surface area contributed by atoms with Crippen LogP contribution in [0.1, 0.15) is 25.8 Å². The summed E-state index contributed by atoms with van der Waals surface area (Å²) >= 11 is 0.951. The third kappa shape index (κ3) is 4.73. The highest BCUT2D eigenvalue weighted by Crippen LogP contribution is 2.21. The molecular weight excluding hydrogens is 396 g/mol. The van der Waals surface area contributed by atoms with Gasteiger partial charge in [0.1, 0.15) is 22.0 Å². The van der Waals surface area contributed by atoms with E-state index in [2.05, 4.69) is 18.8 Å². The summed E-state index contributed by atoms with van der Waals surface area (Å²) in [5.41, 5.74) is 1.68. The fourth-order valence-electron chi connectivity index (χ4n) is 2.73. The third-order valence-corrected chi connectivity index (χ3v) is 6.48. The number of hydrogen-bond donors (Lipinski definition) is 2. The van der Waals surface area contributed by atoms with E-state index >= 15 is 0 Å². The zero-order valence-electron chi connectivity index (χ0n) is 15.6. The van der Waals surface area contributed by atoms with Crippen LogP contribution in [0.25, 0.3) is 11.0 Å². The first-order chi connectivity index (χ1) is 13.4. The normalized spacial score (nSPS) is 13.9. The summed E-state index contributed by atoms with van der Waals surface area (Å²) in [4.78, 5) is 12.8. The molecule has 2 aromatic carbocycles. The molecule has 2 atom stereocenters. The summed E-state index contributed by atoms with van der Waals surface area (Å²) in [5, 5.41) is 2.86. The standard InChI is InChI=1S/C19H22N4O3S2/c1-3-13(2)20-19(24)16(12-14-8-5-4-6-9-14)23-28(25,26)17-11-7-10-15-18(17)22-27-21-15/h4-11,13,16,23H,3,12H2,1-2H3,(H,20,24)/t13-,16-/m0/s1. The van der Waals surface area contributed by atoms with Crippen molar-refractivity contribution in [2.24, 2.45) is 0 Å². The Kier molecular flexibility index (Phi) is 6.38. The van der Waals surface area contributed by atoms with Gasteiger partial charge in [-0.3, -0.25) is 4.79 Å². The first-order valence-corrected chi connectivity index (χ1v) is 11.2.